The molecular formula is C11H18N2O3. The monoisotopic (exact) mass is 226 g/mol. The Kier molecular flexibility index (Phi) is 3.46. The molecule has 0 spiro atoms. The third kappa shape index (κ3) is 2.74. The number of hydrogen-bond acceptors (Lipinski definition) is 5. The standard InChI is InChI=1S/C11H18N2O3/c1-7-3-10(4-8(2)15-7)16-11-13-9(5-12)6-14-11/h6-8,10H,3-5,12H2,1-2H3. The van der Waals surface area contributed by atoms with Gasteiger partial charge in [0.25, 0.3) is 0 Å². The maximum atomic E-state index is 5.67. The highest BCUT2D eigenvalue weighted by atomic mass is 16.6. The smallest absolute Gasteiger partial charge is 0.394 e. The van der Waals surface area contributed by atoms with Crippen LogP contribution in [0.25, 0.3) is 0 Å². The molecule has 2 atom stereocenters. The first-order valence-electron chi connectivity index (χ1n) is 5.64. The Morgan fingerprint density at radius 1 is 1.44 bits per heavy atom. The van der Waals surface area contributed by atoms with Gasteiger partial charge in [-0.2, -0.15) is 4.98 Å². The lowest BCUT2D eigenvalue weighted by Crippen LogP contribution is -2.35. The van der Waals surface area contributed by atoms with Crippen LogP contribution >= 0.6 is 0 Å². The Hall–Kier alpha value is -1.07. The Labute approximate surface area is 94.9 Å². The first-order valence-corrected chi connectivity index (χ1v) is 5.64. The zero-order chi connectivity index (χ0) is 11.5. The van der Waals surface area contributed by atoms with Gasteiger partial charge in [0.05, 0.1) is 17.9 Å². The SMILES string of the molecule is CC1CC(Oc2nc(CN)co2)CC(C)O1. The molecule has 0 aliphatic carbocycles. The molecule has 1 fully saturated rings. The van der Waals surface area contributed by atoms with Crippen LogP contribution in [0.4, 0.5) is 0 Å². The first kappa shape index (κ1) is 11.4. The van der Waals surface area contributed by atoms with Crippen LogP contribution in [0.3, 0.4) is 0 Å². The largest absolute Gasteiger partial charge is 0.447 e. The summed E-state index contributed by atoms with van der Waals surface area (Å²) in [6.45, 7) is 4.47. The number of aromatic nitrogens is 1. The maximum Gasteiger partial charge on any atom is 0.394 e. The van der Waals surface area contributed by atoms with Crippen LogP contribution in [0.2, 0.25) is 0 Å². The van der Waals surface area contributed by atoms with Crippen molar-refractivity contribution in [3.05, 3.63) is 12.0 Å². The van der Waals surface area contributed by atoms with Crippen LogP contribution in [0.15, 0.2) is 10.7 Å². The molecule has 2 N–H and O–H groups in total. The molecule has 0 radical (unpaired) electrons. The molecule has 5 heteroatoms. The van der Waals surface area contributed by atoms with Crippen LogP contribution < -0.4 is 10.5 Å². The number of oxazole rings is 1. The lowest BCUT2D eigenvalue weighted by Gasteiger charge is -2.31. The minimum atomic E-state index is 0.114. The van der Waals surface area contributed by atoms with E-state index in [1.165, 1.54) is 6.26 Å². The summed E-state index contributed by atoms with van der Waals surface area (Å²) >= 11 is 0. The van der Waals surface area contributed by atoms with E-state index in [-0.39, 0.29) is 18.3 Å². The highest BCUT2D eigenvalue weighted by molar-refractivity contribution is 4.99. The van der Waals surface area contributed by atoms with Gasteiger partial charge in [-0.3, -0.25) is 0 Å². The molecule has 1 saturated heterocycles. The molecule has 1 aromatic heterocycles. The average Bonchev–Trinajstić information content (AvgIpc) is 2.64. The maximum absolute atomic E-state index is 5.67. The topological polar surface area (TPSA) is 70.5 Å². The predicted molar refractivity (Wildman–Crippen MR) is 58.1 cm³/mol. The Bertz CT molecular complexity index is 330. The van der Waals surface area contributed by atoms with Crippen molar-refractivity contribution in [3.8, 4) is 6.08 Å². The molecule has 5 nitrogen and oxygen atoms in total. The number of nitrogens with two attached hydrogens (primary N) is 1. The van der Waals surface area contributed by atoms with Gasteiger partial charge in [0.2, 0.25) is 0 Å². The van der Waals surface area contributed by atoms with Crippen molar-refractivity contribution in [1.29, 1.82) is 0 Å². The highest BCUT2D eigenvalue weighted by Crippen LogP contribution is 2.23. The van der Waals surface area contributed by atoms with E-state index in [9.17, 15) is 0 Å². The van der Waals surface area contributed by atoms with Crippen LogP contribution in [0.1, 0.15) is 32.4 Å². The van der Waals surface area contributed by atoms with E-state index in [4.69, 9.17) is 19.6 Å². The quantitative estimate of drug-likeness (QED) is 0.845. The van der Waals surface area contributed by atoms with Crippen molar-refractivity contribution >= 4 is 0 Å². The average molecular weight is 226 g/mol. The summed E-state index contributed by atoms with van der Waals surface area (Å²) in [6.07, 6.45) is 4.13. The van der Waals surface area contributed by atoms with Crippen LogP contribution in [0, 0.1) is 0 Å². The van der Waals surface area contributed by atoms with Crippen molar-refractivity contribution in [3.63, 3.8) is 0 Å². The predicted octanol–water partition coefficient (Wildman–Crippen LogP) is 1.47. The Morgan fingerprint density at radius 2 is 2.12 bits per heavy atom. The lowest BCUT2D eigenvalue weighted by atomic mass is 10.0. The van der Waals surface area contributed by atoms with Gasteiger partial charge in [-0.25, -0.2) is 0 Å². The second kappa shape index (κ2) is 4.84. The Balaban J connectivity index is 1.93. The molecule has 1 aromatic rings. The summed E-state index contributed by atoms with van der Waals surface area (Å²) in [5, 5.41) is 0. The molecule has 1 aliphatic rings. The van der Waals surface area contributed by atoms with Gasteiger partial charge < -0.3 is 19.6 Å². The van der Waals surface area contributed by atoms with E-state index in [1.807, 2.05) is 13.8 Å². The van der Waals surface area contributed by atoms with E-state index < -0.39 is 0 Å². The summed E-state index contributed by atoms with van der Waals surface area (Å²) in [7, 11) is 0. The summed E-state index contributed by atoms with van der Waals surface area (Å²) < 4.78 is 16.5. The van der Waals surface area contributed by atoms with Crippen LogP contribution in [-0.2, 0) is 11.3 Å². The molecule has 0 bridgehead atoms. The first-order chi connectivity index (χ1) is 7.67. The highest BCUT2D eigenvalue weighted by Gasteiger charge is 2.26. The van der Waals surface area contributed by atoms with E-state index in [0.717, 1.165) is 12.8 Å². The van der Waals surface area contributed by atoms with Crippen molar-refractivity contribution in [2.75, 3.05) is 0 Å². The Morgan fingerprint density at radius 3 is 2.69 bits per heavy atom. The molecule has 0 amide bonds. The van der Waals surface area contributed by atoms with Gasteiger partial charge in [0, 0.05) is 19.4 Å². The number of nitrogens with zero attached hydrogens (tertiary/aromatic N) is 1. The molecule has 1 aliphatic heterocycles. The van der Waals surface area contributed by atoms with E-state index in [0.29, 0.717) is 18.3 Å². The van der Waals surface area contributed by atoms with E-state index in [2.05, 4.69) is 4.98 Å². The van der Waals surface area contributed by atoms with E-state index in [1.54, 1.807) is 0 Å². The second-order valence-corrected chi connectivity index (χ2v) is 4.28. The number of rotatable bonds is 3. The summed E-state index contributed by atoms with van der Waals surface area (Å²) in [5.41, 5.74) is 6.15. The summed E-state index contributed by atoms with van der Waals surface area (Å²) in [6, 6.07) is 0. The van der Waals surface area contributed by atoms with Gasteiger partial charge in [0.1, 0.15) is 12.4 Å². The van der Waals surface area contributed by atoms with Crippen molar-refractivity contribution in [2.45, 2.75) is 51.5 Å². The minimum absolute atomic E-state index is 0.114. The third-order valence-corrected chi connectivity index (χ3v) is 2.66. The fourth-order valence-electron chi connectivity index (χ4n) is 2.02. The van der Waals surface area contributed by atoms with Gasteiger partial charge >= 0.3 is 6.08 Å². The van der Waals surface area contributed by atoms with Gasteiger partial charge in [-0.15, -0.1) is 0 Å². The lowest BCUT2D eigenvalue weighted by molar-refractivity contribution is -0.0772. The van der Waals surface area contributed by atoms with Crippen LogP contribution in [0.5, 0.6) is 6.08 Å². The van der Waals surface area contributed by atoms with Crippen molar-refractivity contribution in [2.24, 2.45) is 5.73 Å². The van der Waals surface area contributed by atoms with Gasteiger partial charge in [-0.05, 0) is 13.8 Å². The molecular weight excluding hydrogens is 208 g/mol. The molecule has 2 unspecified atom stereocenters. The fourth-order valence-corrected chi connectivity index (χ4v) is 2.02. The van der Waals surface area contributed by atoms with Gasteiger partial charge in [0.15, 0.2) is 0 Å². The van der Waals surface area contributed by atoms with E-state index >= 15 is 0 Å². The summed E-state index contributed by atoms with van der Waals surface area (Å²) in [4.78, 5) is 4.12. The fraction of sp³-hybridized carbons (Fsp3) is 0.727. The normalized spacial score (nSPS) is 30.3. The second-order valence-electron chi connectivity index (χ2n) is 4.28. The molecule has 0 saturated carbocycles. The molecule has 16 heavy (non-hydrogen) atoms. The zero-order valence-corrected chi connectivity index (χ0v) is 9.68. The number of hydrogen-bond donors (Lipinski definition) is 1. The molecule has 2 heterocycles. The minimum Gasteiger partial charge on any atom is -0.447 e. The third-order valence-electron chi connectivity index (χ3n) is 2.66. The molecule has 2 rings (SSSR count). The molecule has 0 aromatic carbocycles. The van der Waals surface area contributed by atoms with Gasteiger partial charge in [-0.1, -0.05) is 0 Å². The van der Waals surface area contributed by atoms with Crippen molar-refractivity contribution in [1.82, 2.24) is 4.98 Å². The van der Waals surface area contributed by atoms with Crippen molar-refractivity contribution < 1.29 is 13.9 Å². The van der Waals surface area contributed by atoms with Crippen LogP contribution in [-0.4, -0.2) is 23.3 Å². The summed E-state index contributed by atoms with van der Waals surface area (Å²) in [5.74, 6) is 0. The zero-order valence-electron chi connectivity index (χ0n) is 9.68. The molecule has 90 valence electrons. The number of ether oxygens (including phenoxy) is 2.